The van der Waals surface area contributed by atoms with Crippen molar-refractivity contribution in [1.82, 2.24) is 10.6 Å². The van der Waals surface area contributed by atoms with E-state index in [0.717, 1.165) is 6.54 Å². The Labute approximate surface area is 80.3 Å². The molecule has 1 saturated carbocycles. The van der Waals surface area contributed by atoms with Gasteiger partial charge in [0.25, 0.3) is 0 Å². The highest BCUT2D eigenvalue weighted by Crippen LogP contribution is 2.35. The van der Waals surface area contributed by atoms with E-state index in [1.165, 1.54) is 19.4 Å². The summed E-state index contributed by atoms with van der Waals surface area (Å²) in [6.07, 6.45) is 2.76. The average Bonchev–Trinajstić information content (AvgIpc) is 2.60. The molecule has 2 rings (SSSR count). The lowest BCUT2D eigenvalue weighted by Gasteiger charge is -2.28. The molecule has 0 aromatic heterocycles. The highest BCUT2D eigenvalue weighted by atomic mass is 35.5. The van der Waals surface area contributed by atoms with Crippen molar-refractivity contribution in [1.29, 1.82) is 0 Å². The van der Waals surface area contributed by atoms with Crippen LogP contribution in [0.2, 0.25) is 0 Å². The summed E-state index contributed by atoms with van der Waals surface area (Å²) >= 11 is 0. The van der Waals surface area contributed by atoms with Crippen LogP contribution in [0, 0.1) is 0 Å². The standard InChI is InChI=1S/C7H14N2.2ClH/c1-6-4-9-7(2-3-7)5-8-6;;/h6,8-9H,2-5H2,1H3;2*1H/t6-;;/m1../s1. The second-order valence-corrected chi connectivity index (χ2v) is 3.44. The first-order valence-corrected chi connectivity index (χ1v) is 3.79. The van der Waals surface area contributed by atoms with Gasteiger partial charge < -0.3 is 10.6 Å². The Balaban J connectivity index is 0.000000500. The van der Waals surface area contributed by atoms with Gasteiger partial charge in [-0.05, 0) is 19.8 Å². The maximum Gasteiger partial charge on any atom is 0.0308 e. The number of nitrogens with one attached hydrogen (secondary N) is 2. The molecule has 0 amide bonds. The van der Waals surface area contributed by atoms with Crippen molar-refractivity contribution in [2.75, 3.05) is 13.1 Å². The predicted molar refractivity (Wildman–Crippen MR) is 51.9 cm³/mol. The molecule has 0 unspecified atom stereocenters. The highest BCUT2D eigenvalue weighted by molar-refractivity contribution is 5.85. The number of piperazine rings is 1. The van der Waals surface area contributed by atoms with E-state index in [2.05, 4.69) is 17.6 Å². The summed E-state index contributed by atoms with van der Waals surface area (Å²) < 4.78 is 0. The zero-order valence-corrected chi connectivity index (χ0v) is 8.36. The molecule has 0 aromatic rings. The molecule has 68 valence electrons. The van der Waals surface area contributed by atoms with E-state index in [-0.39, 0.29) is 24.8 Å². The summed E-state index contributed by atoms with van der Waals surface area (Å²) in [6.45, 7) is 4.57. The van der Waals surface area contributed by atoms with Crippen molar-refractivity contribution in [3.8, 4) is 0 Å². The smallest absolute Gasteiger partial charge is 0.0308 e. The number of rotatable bonds is 0. The zero-order valence-electron chi connectivity index (χ0n) is 6.72. The molecule has 0 aromatic carbocycles. The van der Waals surface area contributed by atoms with Crippen molar-refractivity contribution in [3.63, 3.8) is 0 Å². The van der Waals surface area contributed by atoms with Crippen LogP contribution in [0.1, 0.15) is 19.8 Å². The Hall–Kier alpha value is 0.500. The minimum absolute atomic E-state index is 0. The molecule has 0 radical (unpaired) electrons. The number of hydrogen-bond acceptors (Lipinski definition) is 2. The van der Waals surface area contributed by atoms with Crippen molar-refractivity contribution in [2.24, 2.45) is 0 Å². The molecule has 2 N–H and O–H groups in total. The quantitative estimate of drug-likeness (QED) is 0.606. The van der Waals surface area contributed by atoms with Gasteiger partial charge in [-0.15, -0.1) is 24.8 Å². The Morgan fingerprint density at radius 3 is 2.27 bits per heavy atom. The van der Waals surface area contributed by atoms with Crippen LogP contribution in [0.25, 0.3) is 0 Å². The largest absolute Gasteiger partial charge is 0.311 e. The van der Waals surface area contributed by atoms with Crippen LogP contribution in [0.4, 0.5) is 0 Å². The maximum absolute atomic E-state index is 3.56. The summed E-state index contributed by atoms with van der Waals surface area (Å²) in [5, 5.41) is 7.03. The molecule has 1 heterocycles. The molecule has 2 fully saturated rings. The van der Waals surface area contributed by atoms with Gasteiger partial charge in [-0.2, -0.15) is 0 Å². The molecule has 11 heavy (non-hydrogen) atoms. The first-order valence-electron chi connectivity index (χ1n) is 3.79. The number of hydrogen-bond donors (Lipinski definition) is 2. The van der Waals surface area contributed by atoms with Crippen molar-refractivity contribution in [2.45, 2.75) is 31.3 Å². The number of halogens is 2. The monoisotopic (exact) mass is 198 g/mol. The zero-order chi connectivity index (χ0) is 6.32. The molecular formula is C7H16Cl2N2. The van der Waals surface area contributed by atoms with E-state index >= 15 is 0 Å². The molecule has 1 aliphatic heterocycles. The first kappa shape index (κ1) is 11.5. The fourth-order valence-electron chi connectivity index (χ4n) is 1.38. The Morgan fingerprint density at radius 2 is 1.91 bits per heavy atom. The van der Waals surface area contributed by atoms with E-state index in [9.17, 15) is 0 Å². The van der Waals surface area contributed by atoms with Crippen LogP contribution >= 0.6 is 24.8 Å². The average molecular weight is 199 g/mol. The van der Waals surface area contributed by atoms with Gasteiger partial charge in [0, 0.05) is 24.7 Å². The summed E-state index contributed by atoms with van der Waals surface area (Å²) in [5.74, 6) is 0. The summed E-state index contributed by atoms with van der Waals surface area (Å²) in [7, 11) is 0. The van der Waals surface area contributed by atoms with Crippen LogP contribution in [0.15, 0.2) is 0 Å². The van der Waals surface area contributed by atoms with Crippen LogP contribution < -0.4 is 10.6 Å². The minimum atomic E-state index is 0. The minimum Gasteiger partial charge on any atom is -0.311 e. The molecular weight excluding hydrogens is 183 g/mol. The van der Waals surface area contributed by atoms with E-state index in [0.29, 0.717) is 11.6 Å². The Kier molecular flexibility index (Phi) is 4.12. The third kappa shape index (κ3) is 2.48. The van der Waals surface area contributed by atoms with E-state index in [4.69, 9.17) is 0 Å². The van der Waals surface area contributed by atoms with Gasteiger partial charge in [0.05, 0.1) is 0 Å². The van der Waals surface area contributed by atoms with Gasteiger partial charge in [-0.25, -0.2) is 0 Å². The van der Waals surface area contributed by atoms with Crippen LogP contribution in [-0.2, 0) is 0 Å². The topological polar surface area (TPSA) is 24.1 Å². The predicted octanol–water partition coefficient (Wildman–Crippen LogP) is 0.944. The maximum atomic E-state index is 3.56. The van der Waals surface area contributed by atoms with Gasteiger partial charge in [0.2, 0.25) is 0 Å². The summed E-state index contributed by atoms with van der Waals surface area (Å²) in [6, 6.07) is 0.677. The van der Waals surface area contributed by atoms with Crippen molar-refractivity contribution < 1.29 is 0 Å². The lowest BCUT2D eigenvalue weighted by atomic mass is 10.1. The molecule has 2 nitrogen and oxygen atoms in total. The van der Waals surface area contributed by atoms with Gasteiger partial charge in [0.1, 0.15) is 0 Å². The highest BCUT2D eigenvalue weighted by Gasteiger charge is 2.43. The van der Waals surface area contributed by atoms with Gasteiger partial charge >= 0.3 is 0 Å². The lowest BCUT2D eigenvalue weighted by molar-refractivity contribution is 0.346. The Bertz CT molecular complexity index is 116. The van der Waals surface area contributed by atoms with Crippen LogP contribution in [0.5, 0.6) is 0 Å². The van der Waals surface area contributed by atoms with Gasteiger partial charge in [0.15, 0.2) is 0 Å². The molecule has 4 heteroatoms. The van der Waals surface area contributed by atoms with Crippen LogP contribution in [-0.4, -0.2) is 24.7 Å². The first-order chi connectivity index (χ1) is 4.31. The summed E-state index contributed by atoms with van der Waals surface area (Å²) in [5.41, 5.74) is 0.548. The van der Waals surface area contributed by atoms with E-state index in [1.54, 1.807) is 0 Å². The second kappa shape index (κ2) is 3.94. The summed E-state index contributed by atoms with van der Waals surface area (Å²) in [4.78, 5) is 0. The molecule has 1 spiro atoms. The fourth-order valence-corrected chi connectivity index (χ4v) is 1.38. The Morgan fingerprint density at radius 1 is 1.27 bits per heavy atom. The van der Waals surface area contributed by atoms with Crippen molar-refractivity contribution >= 4 is 24.8 Å². The third-order valence-electron chi connectivity index (χ3n) is 2.43. The van der Waals surface area contributed by atoms with E-state index < -0.39 is 0 Å². The normalized spacial score (nSPS) is 31.9. The third-order valence-corrected chi connectivity index (χ3v) is 2.43. The molecule has 1 atom stereocenters. The molecule has 2 aliphatic rings. The molecule has 1 saturated heterocycles. The van der Waals surface area contributed by atoms with E-state index in [1.807, 2.05) is 0 Å². The second-order valence-electron chi connectivity index (χ2n) is 3.44. The molecule has 0 bridgehead atoms. The lowest BCUT2D eigenvalue weighted by Crippen LogP contribution is -2.54. The van der Waals surface area contributed by atoms with Crippen molar-refractivity contribution in [3.05, 3.63) is 0 Å². The fraction of sp³-hybridized carbons (Fsp3) is 1.00. The van der Waals surface area contributed by atoms with Gasteiger partial charge in [-0.1, -0.05) is 0 Å². The van der Waals surface area contributed by atoms with Gasteiger partial charge in [-0.3, -0.25) is 0 Å². The SMILES string of the molecule is C[C@@H]1CNC2(CC2)CN1.Cl.Cl. The van der Waals surface area contributed by atoms with Crippen LogP contribution in [0.3, 0.4) is 0 Å². The molecule has 1 aliphatic carbocycles.